The highest BCUT2D eigenvalue weighted by molar-refractivity contribution is 5.74. The summed E-state index contributed by atoms with van der Waals surface area (Å²) in [6.45, 7) is 18.4. The van der Waals surface area contributed by atoms with E-state index in [2.05, 4.69) is 91.8 Å². The molecule has 0 spiro atoms. The van der Waals surface area contributed by atoms with Crippen molar-refractivity contribution in [2.75, 3.05) is 0 Å². The van der Waals surface area contributed by atoms with E-state index in [9.17, 15) is 0 Å². The van der Waals surface area contributed by atoms with Gasteiger partial charge in [-0.1, -0.05) is 91.8 Å². The topological polar surface area (TPSA) is 0 Å². The van der Waals surface area contributed by atoms with E-state index in [1.807, 2.05) is 0 Å². The molecule has 0 atom stereocenters. The summed E-state index contributed by atoms with van der Waals surface area (Å²) in [5.74, 6) is 2.19. The SMILES string of the molecule is CC(C)c1ccc(-c2cccc(C(C)C)c2C(C)C)c(C(C)C)c1. The summed E-state index contributed by atoms with van der Waals surface area (Å²) in [5, 5.41) is 0. The van der Waals surface area contributed by atoms with Gasteiger partial charge in [0.15, 0.2) is 0 Å². The summed E-state index contributed by atoms with van der Waals surface area (Å²) in [7, 11) is 0. The van der Waals surface area contributed by atoms with E-state index in [4.69, 9.17) is 0 Å². The van der Waals surface area contributed by atoms with Crippen LogP contribution in [-0.4, -0.2) is 0 Å². The molecule has 0 unspecified atom stereocenters. The van der Waals surface area contributed by atoms with E-state index in [0.717, 1.165) is 0 Å². The zero-order chi connectivity index (χ0) is 18.0. The Labute approximate surface area is 149 Å². The summed E-state index contributed by atoms with van der Waals surface area (Å²) in [6.07, 6.45) is 0. The molecule has 2 rings (SSSR count). The second-order valence-corrected chi connectivity index (χ2v) is 8.27. The normalized spacial score (nSPS) is 12.0. The number of benzene rings is 2. The van der Waals surface area contributed by atoms with Gasteiger partial charge in [-0.25, -0.2) is 0 Å². The molecule has 0 saturated carbocycles. The predicted octanol–water partition coefficient (Wildman–Crippen LogP) is 7.85. The van der Waals surface area contributed by atoms with E-state index < -0.39 is 0 Å². The van der Waals surface area contributed by atoms with Crippen molar-refractivity contribution in [1.82, 2.24) is 0 Å². The Balaban J connectivity index is 2.74. The Hall–Kier alpha value is -1.56. The molecule has 0 radical (unpaired) electrons. The molecule has 0 heteroatoms. The predicted molar refractivity (Wildman–Crippen MR) is 108 cm³/mol. The fourth-order valence-corrected chi connectivity index (χ4v) is 3.63. The van der Waals surface area contributed by atoms with Gasteiger partial charge in [0.2, 0.25) is 0 Å². The molecule has 0 fully saturated rings. The maximum absolute atomic E-state index is 2.43. The maximum atomic E-state index is 2.43. The molecule has 0 aliphatic heterocycles. The van der Waals surface area contributed by atoms with Crippen LogP contribution in [0.2, 0.25) is 0 Å². The molecule has 0 amide bonds. The quantitative estimate of drug-likeness (QED) is 0.525. The first-order valence-corrected chi connectivity index (χ1v) is 9.51. The maximum Gasteiger partial charge on any atom is -0.0144 e. The van der Waals surface area contributed by atoms with Crippen molar-refractivity contribution in [1.29, 1.82) is 0 Å². The van der Waals surface area contributed by atoms with E-state index in [-0.39, 0.29) is 0 Å². The van der Waals surface area contributed by atoms with Crippen LogP contribution in [0.1, 0.15) is 101 Å². The molecule has 0 N–H and O–H groups in total. The summed E-state index contributed by atoms with van der Waals surface area (Å²) >= 11 is 0. The molecule has 24 heavy (non-hydrogen) atoms. The molecule has 0 nitrogen and oxygen atoms in total. The van der Waals surface area contributed by atoms with Crippen molar-refractivity contribution in [3.05, 3.63) is 58.7 Å². The molecular formula is C24H34. The van der Waals surface area contributed by atoms with Gasteiger partial charge in [0.25, 0.3) is 0 Å². The number of hydrogen-bond acceptors (Lipinski definition) is 0. The Kier molecular flexibility index (Phi) is 5.91. The zero-order valence-corrected chi connectivity index (χ0v) is 16.8. The second kappa shape index (κ2) is 7.55. The van der Waals surface area contributed by atoms with Gasteiger partial charge in [-0.2, -0.15) is 0 Å². The lowest BCUT2D eigenvalue weighted by Gasteiger charge is -2.23. The molecule has 0 saturated heterocycles. The fourth-order valence-electron chi connectivity index (χ4n) is 3.63. The lowest BCUT2D eigenvalue weighted by atomic mass is 9.81. The largest absolute Gasteiger partial charge is 0.0613 e. The highest BCUT2D eigenvalue weighted by Crippen LogP contribution is 2.39. The molecule has 0 aliphatic carbocycles. The van der Waals surface area contributed by atoms with E-state index in [1.165, 1.54) is 33.4 Å². The molecule has 0 bridgehead atoms. The van der Waals surface area contributed by atoms with E-state index >= 15 is 0 Å². The average molecular weight is 323 g/mol. The third-order valence-electron chi connectivity index (χ3n) is 4.99. The highest BCUT2D eigenvalue weighted by atomic mass is 14.2. The Bertz CT molecular complexity index is 687. The van der Waals surface area contributed by atoms with Crippen LogP contribution in [0.4, 0.5) is 0 Å². The monoisotopic (exact) mass is 322 g/mol. The second-order valence-electron chi connectivity index (χ2n) is 8.27. The molecule has 0 aromatic heterocycles. The molecule has 2 aromatic carbocycles. The molecule has 130 valence electrons. The van der Waals surface area contributed by atoms with Crippen molar-refractivity contribution in [2.45, 2.75) is 79.1 Å². The van der Waals surface area contributed by atoms with Crippen LogP contribution in [0.5, 0.6) is 0 Å². The van der Waals surface area contributed by atoms with Gasteiger partial charge in [0.1, 0.15) is 0 Å². The third-order valence-corrected chi connectivity index (χ3v) is 4.99. The highest BCUT2D eigenvalue weighted by Gasteiger charge is 2.18. The summed E-state index contributed by atoms with van der Waals surface area (Å²) in [6, 6.07) is 14.0. The van der Waals surface area contributed by atoms with Crippen LogP contribution < -0.4 is 0 Å². The molecule has 0 heterocycles. The third kappa shape index (κ3) is 3.74. The van der Waals surface area contributed by atoms with Crippen LogP contribution in [0.25, 0.3) is 11.1 Å². The number of hydrogen-bond donors (Lipinski definition) is 0. The minimum absolute atomic E-state index is 0.529. The van der Waals surface area contributed by atoms with Crippen LogP contribution >= 0.6 is 0 Å². The van der Waals surface area contributed by atoms with E-state index in [1.54, 1.807) is 0 Å². The Morgan fingerprint density at radius 3 is 1.67 bits per heavy atom. The minimum Gasteiger partial charge on any atom is -0.0613 e. The first kappa shape index (κ1) is 18.8. The lowest BCUT2D eigenvalue weighted by Crippen LogP contribution is -2.04. The van der Waals surface area contributed by atoms with E-state index in [0.29, 0.717) is 23.7 Å². The molecule has 2 aromatic rings. The first-order valence-electron chi connectivity index (χ1n) is 9.51. The van der Waals surface area contributed by atoms with Gasteiger partial charge < -0.3 is 0 Å². The van der Waals surface area contributed by atoms with Crippen molar-refractivity contribution >= 4 is 0 Å². The van der Waals surface area contributed by atoms with Gasteiger partial charge in [0, 0.05) is 0 Å². The van der Waals surface area contributed by atoms with Crippen molar-refractivity contribution in [3.63, 3.8) is 0 Å². The van der Waals surface area contributed by atoms with Gasteiger partial charge in [-0.05, 0) is 57.1 Å². The Morgan fingerprint density at radius 2 is 1.17 bits per heavy atom. The summed E-state index contributed by atoms with van der Waals surface area (Å²) in [4.78, 5) is 0. The smallest absolute Gasteiger partial charge is 0.0144 e. The fraction of sp³-hybridized carbons (Fsp3) is 0.500. The lowest BCUT2D eigenvalue weighted by molar-refractivity contribution is 0.790. The minimum atomic E-state index is 0.529. The average Bonchev–Trinajstić information content (AvgIpc) is 2.53. The number of rotatable bonds is 5. The summed E-state index contributed by atoms with van der Waals surface area (Å²) in [5.41, 5.74) is 8.77. The van der Waals surface area contributed by atoms with Crippen molar-refractivity contribution in [3.8, 4) is 11.1 Å². The summed E-state index contributed by atoms with van der Waals surface area (Å²) < 4.78 is 0. The first-order chi connectivity index (χ1) is 11.2. The van der Waals surface area contributed by atoms with Crippen LogP contribution in [0.15, 0.2) is 36.4 Å². The zero-order valence-electron chi connectivity index (χ0n) is 16.8. The van der Waals surface area contributed by atoms with Gasteiger partial charge in [-0.15, -0.1) is 0 Å². The van der Waals surface area contributed by atoms with Gasteiger partial charge >= 0.3 is 0 Å². The van der Waals surface area contributed by atoms with Crippen LogP contribution in [0, 0.1) is 0 Å². The molecular weight excluding hydrogens is 288 g/mol. The van der Waals surface area contributed by atoms with Crippen molar-refractivity contribution < 1.29 is 0 Å². The Morgan fingerprint density at radius 1 is 0.542 bits per heavy atom. The van der Waals surface area contributed by atoms with Crippen LogP contribution in [-0.2, 0) is 0 Å². The van der Waals surface area contributed by atoms with Gasteiger partial charge in [-0.3, -0.25) is 0 Å². The van der Waals surface area contributed by atoms with Crippen LogP contribution in [0.3, 0.4) is 0 Å². The standard InChI is InChI=1S/C24H34/c1-15(2)19-12-13-21(23(14-19)17(5)6)22-11-9-10-20(16(3)4)24(22)18(7)8/h9-18H,1-8H3. The molecule has 0 aliphatic rings. The van der Waals surface area contributed by atoms with Gasteiger partial charge in [0.05, 0.1) is 0 Å². The van der Waals surface area contributed by atoms with Crippen molar-refractivity contribution in [2.24, 2.45) is 0 Å².